The van der Waals surface area contributed by atoms with E-state index in [0.29, 0.717) is 16.6 Å². The molecule has 2 N–H and O–H groups in total. The Balaban J connectivity index is 1.23. The molecule has 1 unspecified atom stereocenters. The predicted octanol–water partition coefficient (Wildman–Crippen LogP) is 8.27. The maximum atomic E-state index is 15.8. The van der Waals surface area contributed by atoms with E-state index in [9.17, 15) is 14.2 Å². The number of halogens is 2. The molecular weight excluding hydrogens is 647 g/mol. The van der Waals surface area contributed by atoms with Gasteiger partial charge in [0.25, 0.3) is 0 Å². The number of anilines is 1. The first-order chi connectivity index (χ1) is 23.1. The van der Waals surface area contributed by atoms with Crippen molar-refractivity contribution in [1.82, 2.24) is 9.55 Å². The van der Waals surface area contributed by atoms with Gasteiger partial charge in [-0.05, 0) is 18.6 Å². The molecule has 2 aliphatic heterocycles. The van der Waals surface area contributed by atoms with Crippen LogP contribution in [0, 0.1) is 0 Å². The summed E-state index contributed by atoms with van der Waals surface area (Å²) in [6.45, 7) is 1.42. The van der Waals surface area contributed by atoms with Crippen LogP contribution in [-0.4, -0.2) is 40.3 Å². The van der Waals surface area contributed by atoms with Crippen LogP contribution in [-0.2, 0) is 34.5 Å². The van der Waals surface area contributed by atoms with E-state index in [0.717, 1.165) is 31.9 Å². The highest BCUT2D eigenvalue weighted by atomic mass is 31.2. The molecule has 1 aromatic heterocycles. The molecule has 4 atom stereocenters. The summed E-state index contributed by atoms with van der Waals surface area (Å²) in [5.41, 5.74) is 5.08. The summed E-state index contributed by atoms with van der Waals surface area (Å²) in [5, 5.41) is 0. The van der Waals surface area contributed by atoms with E-state index in [1.54, 1.807) is 24.3 Å². The zero-order valence-corrected chi connectivity index (χ0v) is 28.8. The fourth-order valence-electron chi connectivity index (χ4n) is 5.93. The summed E-state index contributed by atoms with van der Waals surface area (Å²) in [6, 6.07) is 7.89. The molecule has 1 saturated heterocycles. The first-order valence-corrected chi connectivity index (χ1v) is 18.8. The summed E-state index contributed by atoms with van der Waals surface area (Å²) in [4.78, 5) is 28.7. The molecule has 1 fully saturated rings. The van der Waals surface area contributed by atoms with Crippen LogP contribution >= 0.6 is 7.82 Å². The van der Waals surface area contributed by atoms with Gasteiger partial charge >= 0.3 is 25.4 Å². The molecule has 2 aromatic rings. The Morgan fingerprint density at radius 3 is 2.21 bits per heavy atom. The number of phosphoric ester groups is 1. The Kier molecular flexibility index (Phi) is 14.8. The third-order valence-corrected chi connectivity index (χ3v) is 9.99. The molecule has 0 saturated carbocycles. The number of nitrogen functional groups attached to an aromatic ring is 1. The van der Waals surface area contributed by atoms with Gasteiger partial charge in [0, 0.05) is 18.2 Å². The molecule has 268 valence electrons. The second kappa shape index (κ2) is 18.8. The van der Waals surface area contributed by atoms with Gasteiger partial charge in [0.05, 0.1) is 13.2 Å². The number of hydrogen-bond acceptors (Lipinski definition) is 10. The Hall–Kier alpha value is -2.86. The number of hydrogen-bond donors (Lipinski definition) is 1. The van der Waals surface area contributed by atoms with Crippen LogP contribution in [0.4, 0.5) is 14.6 Å². The number of ether oxygens (including phenoxy) is 2. The van der Waals surface area contributed by atoms with Crippen molar-refractivity contribution in [3.05, 3.63) is 52.6 Å². The van der Waals surface area contributed by atoms with Crippen LogP contribution in [0.3, 0.4) is 0 Å². The largest absolute Gasteiger partial charge is 0.530 e. The average molecular weight is 698 g/mol. The lowest BCUT2D eigenvalue weighted by molar-refractivity contribution is -0.176. The predicted molar refractivity (Wildman–Crippen MR) is 177 cm³/mol. The van der Waals surface area contributed by atoms with Crippen molar-refractivity contribution < 1.29 is 41.2 Å². The summed E-state index contributed by atoms with van der Waals surface area (Å²) in [6.07, 6.45) is 12.4. The summed E-state index contributed by atoms with van der Waals surface area (Å²) >= 11 is 0. The van der Waals surface area contributed by atoms with E-state index in [-0.39, 0.29) is 24.6 Å². The van der Waals surface area contributed by atoms with E-state index in [1.165, 1.54) is 70.3 Å². The Labute approximate surface area is 281 Å². The average Bonchev–Trinajstić information content (AvgIpc) is 3.30. The summed E-state index contributed by atoms with van der Waals surface area (Å²) in [5.74, 6) is -4.60. The van der Waals surface area contributed by atoms with Gasteiger partial charge in [-0.25, -0.2) is 9.36 Å². The van der Waals surface area contributed by atoms with Crippen molar-refractivity contribution in [2.45, 2.75) is 141 Å². The van der Waals surface area contributed by atoms with Crippen LogP contribution in [0.2, 0.25) is 0 Å². The number of carbonyl (C=O) groups excluding carboxylic acids is 1. The van der Waals surface area contributed by atoms with Gasteiger partial charge in [-0.3, -0.25) is 18.4 Å². The molecule has 48 heavy (non-hydrogen) atoms. The van der Waals surface area contributed by atoms with E-state index < -0.39 is 50.4 Å². The highest BCUT2D eigenvalue weighted by molar-refractivity contribution is 7.49. The monoisotopic (exact) mass is 697 g/mol. The van der Waals surface area contributed by atoms with Crippen molar-refractivity contribution in [3.63, 3.8) is 0 Å². The molecule has 0 aliphatic carbocycles. The number of alkyl halides is 2. The Morgan fingerprint density at radius 1 is 0.979 bits per heavy atom. The minimum atomic E-state index is -4.22. The van der Waals surface area contributed by atoms with Gasteiger partial charge in [-0.1, -0.05) is 115 Å². The van der Waals surface area contributed by atoms with Crippen LogP contribution in [0.15, 0.2) is 41.3 Å². The highest BCUT2D eigenvalue weighted by Gasteiger charge is 2.63. The number of fused-ring (bicyclic) bond motifs is 1. The van der Waals surface area contributed by atoms with Crippen LogP contribution in [0.25, 0.3) is 0 Å². The Bertz CT molecular complexity index is 1410. The third kappa shape index (κ3) is 11.1. The maximum Gasteiger partial charge on any atom is 0.530 e. The van der Waals surface area contributed by atoms with Gasteiger partial charge < -0.3 is 19.7 Å². The fourth-order valence-corrected chi connectivity index (χ4v) is 7.16. The quantitative estimate of drug-likeness (QED) is 0.0770. The number of rotatable bonds is 21. The van der Waals surface area contributed by atoms with E-state index in [1.807, 2.05) is 0 Å². The number of unbranched alkanes of at least 4 members (excludes halogenated alkanes) is 14. The number of nitrogens with two attached hydrogens (primary N) is 1. The molecule has 1 aromatic carbocycles. The number of para-hydroxylation sites is 1. The number of nitrogens with zero attached hydrogens (tertiary/aromatic N) is 2. The molecule has 0 radical (unpaired) electrons. The number of carbonyl (C=O) groups is 1. The lowest BCUT2D eigenvalue weighted by Crippen LogP contribution is -2.44. The van der Waals surface area contributed by atoms with Crippen molar-refractivity contribution in [2.75, 3.05) is 12.3 Å². The maximum absolute atomic E-state index is 15.8. The van der Waals surface area contributed by atoms with E-state index >= 15 is 8.78 Å². The normalized spacial score (nSPS) is 23.0. The van der Waals surface area contributed by atoms with Crippen molar-refractivity contribution >= 4 is 19.6 Å². The molecule has 2 aliphatic rings. The smallest absolute Gasteiger partial charge is 0.453 e. The standard InChI is InChI=1S/C34H50F2N3O8P/c1-2-3-4-5-6-7-8-9-10-11-12-13-14-15-16-21-30(40)46-31-28(25-44-48(42)43-24-26-19-17-18-20-27(26)47-48)45-32(34(31,35)36)39-23-22-29(37)38-33(39)41/h17-20,22-23,28,31-32H,2-16,21,24-25H2,1H3,(H2,37,38,41)/t28-,31-,32-,48?/m1/s1. The molecule has 14 heteroatoms. The van der Waals surface area contributed by atoms with Crippen LogP contribution in [0.5, 0.6) is 5.75 Å². The second-order valence-corrected chi connectivity index (χ2v) is 14.2. The zero-order valence-electron chi connectivity index (χ0n) is 27.9. The molecule has 11 nitrogen and oxygen atoms in total. The lowest BCUT2D eigenvalue weighted by Gasteiger charge is -2.27. The van der Waals surface area contributed by atoms with E-state index in [4.69, 9.17) is 28.8 Å². The second-order valence-electron chi connectivity index (χ2n) is 12.6. The number of phosphoric acid groups is 1. The summed E-state index contributed by atoms with van der Waals surface area (Å²) in [7, 11) is -4.22. The first kappa shape index (κ1) is 38.0. The third-order valence-electron chi connectivity index (χ3n) is 8.65. The number of esters is 1. The van der Waals surface area contributed by atoms with Crippen LogP contribution < -0.4 is 15.9 Å². The SMILES string of the molecule is CCCCCCCCCCCCCCCCCC(=O)O[C@@H]1[C@@H](COP2(=O)OCc3ccccc3O2)O[C@@H](n2ccc(N)nc2=O)C1(F)F. The van der Waals surface area contributed by atoms with Gasteiger partial charge in [0.1, 0.15) is 17.7 Å². The number of benzene rings is 1. The van der Waals surface area contributed by atoms with E-state index in [2.05, 4.69) is 11.9 Å². The van der Waals surface area contributed by atoms with Gasteiger partial charge in [-0.15, -0.1) is 0 Å². The lowest BCUT2D eigenvalue weighted by atomic mass is 10.0. The van der Waals surface area contributed by atoms with Crippen molar-refractivity contribution in [2.24, 2.45) is 0 Å². The topological polar surface area (TPSA) is 141 Å². The minimum Gasteiger partial charge on any atom is -0.453 e. The fraction of sp³-hybridized carbons (Fsp3) is 0.676. The molecule has 0 spiro atoms. The molecule has 4 rings (SSSR count). The molecule has 0 bridgehead atoms. The molecule has 3 heterocycles. The van der Waals surface area contributed by atoms with Gasteiger partial charge in [-0.2, -0.15) is 13.8 Å². The first-order valence-electron chi connectivity index (χ1n) is 17.4. The minimum absolute atomic E-state index is 0.0616. The number of aromatic nitrogens is 2. The van der Waals surface area contributed by atoms with Gasteiger partial charge in [0.15, 0.2) is 6.10 Å². The zero-order chi connectivity index (χ0) is 34.4. The molecule has 0 amide bonds. The van der Waals surface area contributed by atoms with Crippen molar-refractivity contribution in [3.8, 4) is 5.75 Å². The van der Waals surface area contributed by atoms with Crippen LogP contribution in [0.1, 0.15) is 121 Å². The van der Waals surface area contributed by atoms with Crippen molar-refractivity contribution in [1.29, 1.82) is 0 Å². The Morgan fingerprint density at radius 2 is 1.58 bits per heavy atom. The van der Waals surface area contributed by atoms with Gasteiger partial charge in [0.2, 0.25) is 6.23 Å². The summed E-state index contributed by atoms with van der Waals surface area (Å²) < 4.78 is 72.2. The highest BCUT2D eigenvalue weighted by Crippen LogP contribution is 2.55. The molecular formula is C34H50F2N3O8P.